The van der Waals surface area contributed by atoms with E-state index in [1.54, 1.807) is 12.1 Å². The average Bonchev–Trinajstić information content (AvgIpc) is 2.32. The van der Waals surface area contributed by atoms with E-state index in [9.17, 15) is 14.9 Å². The minimum atomic E-state index is -0.386. The molecule has 1 aromatic carbocycles. The first kappa shape index (κ1) is 11.7. The highest BCUT2D eigenvalue weighted by molar-refractivity contribution is 5.79. The Hall–Kier alpha value is -1.75. The highest BCUT2D eigenvalue weighted by Crippen LogP contribution is 2.16. The number of ketones is 1. The Morgan fingerprint density at radius 3 is 2.65 bits per heavy atom. The van der Waals surface area contributed by atoms with Crippen molar-refractivity contribution in [2.45, 2.75) is 19.4 Å². The molecule has 1 aliphatic rings. The van der Waals surface area contributed by atoms with Gasteiger partial charge in [-0.05, 0) is 5.56 Å². The van der Waals surface area contributed by atoms with Crippen molar-refractivity contribution in [3.63, 3.8) is 0 Å². The predicted octanol–water partition coefficient (Wildman–Crippen LogP) is 1.76. The zero-order valence-electron chi connectivity index (χ0n) is 9.46. The number of piperidine rings is 1. The number of hydrogen-bond donors (Lipinski definition) is 0. The number of rotatable bonds is 3. The summed E-state index contributed by atoms with van der Waals surface area (Å²) in [5.74, 6) is 0.306. The lowest BCUT2D eigenvalue weighted by Gasteiger charge is -2.25. The van der Waals surface area contributed by atoms with Crippen molar-refractivity contribution in [1.82, 2.24) is 4.90 Å². The van der Waals surface area contributed by atoms with Gasteiger partial charge >= 0.3 is 0 Å². The molecule has 0 unspecified atom stereocenters. The van der Waals surface area contributed by atoms with Gasteiger partial charge in [-0.3, -0.25) is 19.8 Å². The Kier molecular flexibility index (Phi) is 3.49. The summed E-state index contributed by atoms with van der Waals surface area (Å²) >= 11 is 0. The minimum absolute atomic E-state index is 0.121. The standard InChI is InChI=1S/C12H14N2O3/c15-12-4-6-13(7-5-12)9-10-2-1-3-11(8-10)14(16)17/h1-3,8H,4-7,9H2. The Morgan fingerprint density at radius 1 is 1.29 bits per heavy atom. The maximum absolute atomic E-state index is 11.1. The van der Waals surface area contributed by atoms with E-state index < -0.39 is 0 Å². The van der Waals surface area contributed by atoms with Gasteiger partial charge < -0.3 is 0 Å². The van der Waals surface area contributed by atoms with Gasteiger partial charge in [0.2, 0.25) is 0 Å². The van der Waals surface area contributed by atoms with Crippen LogP contribution in [0, 0.1) is 10.1 Å². The van der Waals surface area contributed by atoms with Crippen molar-refractivity contribution < 1.29 is 9.72 Å². The molecule has 1 aromatic rings. The normalized spacial score (nSPS) is 17.1. The van der Waals surface area contributed by atoms with Crippen LogP contribution in [0.5, 0.6) is 0 Å². The largest absolute Gasteiger partial charge is 0.300 e. The summed E-state index contributed by atoms with van der Waals surface area (Å²) in [4.78, 5) is 23.5. The Labute approximate surface area is 99.2 Å². The molecule has 0 amide bonds. The number of carbonyl (C=O) groups excluding carboxylic acids is 1. The molecule has 1 aliphatic heterocycles. The second-order valence-electron chi connectivity index (χ2n) is 4.24. The van der Waals surface area contributed by atoms with Crippen LogP contribution in [0.2, 0.25) is 0 Å². The molecule has 90 valence electrons. The molecule has 17 heavy (non-hydrogen) atoms. The number of Topliss-reactive ketones (excluding diaryl/α,β-unsaturated/α-hetero) is 1. The summed E-state index contributed by atoms with van der Waals surface area (Å²) in [6.45, 7) is 2.18. The van der Waals surface area contributed by atoms with Gasteiger partial charge in [-0.1, -0.05) is 12.1 Å². The highest BCUT2D eigenvalue weighted by atomic mass is 16.6. The molecule has 0 atom stereocenters. The van der Waals surface area contributed by atoms with Gasteiger partial charge in [-0.2, -0.15) is 0 Å². The summed E-state index contributed by atoms with van der Waals surface area (Å²) in [5, 5.41) is 10.6. The summed E-state index contributed by atoms with van der Waals surface area (Å²) < 4.78 is 0. The maximum Gasteiger partial charge on any atom is 0.269 e. The number of nitro groups is 1. The van der Waals surface area contributed by atoms with E-state index in [-0.39, 0.29) is 10.6 Å². The van der Waals surface area contributed by atoms with Gasteiger partial charge in [0, 0.05) is 44.6 Å². The quantitative estimate of drug-likeness (QED) is 0.590. The molecule has 0 radical (unpaired) electrons. The maximum atomic E-state index is 11.1. The van der Waals surface area contributed by atoms with Crippen LogP contribution in [0.1, 0.15) is 18.4 Å². The monoisotopic (exact) mass is 234 g/mol. The van der Waals surface area contributed by atoms with Crippen LogP contribution < -0.4 is 0 Å². The smallest absolute Gasteiger partial charge is 0.269 e. The molecule has 0 aliphatic carbocycles. The van der Waals surface area contributed by atoms with Gasteiger partial charge in [0.25, 0.3) is 5.69 Å². The summed E-state index contributed by atoms with van der Waals surface area (Å²) in [5.41, 5.74) is 1.05. The highest BCUT2D eigenvalue weighted by Gasteiger charge is 2.16. The minimum Gasteiger partial charge on any atom is -0.300 e. The molecule has 2 rings (SSSR count). The van der Waals surface area contributed by atoms with E-state index in [0.29, 0.717) is 25.2 Å². The van der Waals surface area contributed by atoms with Gasteiger partial charge in [-0.15, -0.1) is 0 Å². The second kappa shape index (κ2) is 5.05. The van der Waals surface area contributed by atoms with E-state index in [0.717, 1.165) is 18.7 Å². The fourth-order valence-corrected chi connectivity index (χ4v) is 1.99. The fraction of sp³-hybridized carbons (Fsp3) is 0.417. The van der Waals surface area contributed by atoms with Crippen LogP contribution in [-0.4, -0.2) is 28.7 Å². The number of likely N-dealkylation sites (tertiary alicyclic amines) is 1. The molecule has 0 N–H and O–H groups in total. The number of nitrogens with zero attached hydrogens (tertiary/aromatic N) is 2. The predicted molar refractivity (Wildman–Crippen MR) is 62.6 cm³/mol. The van der Waals surface area contributed by atoms with Gasteiger partial charge in [0.1, 0.15) is 5.78 Å². The molecule has 0 aromatic heterocycles. The number of benzene rings is 1. The number of carbonyl (C=O) groups is 1. The third-order valence-electron chi connectivity index (χ3n) is 2.94. The molecule has 1 heterocycles. The molecular weight excluding hydrogens is 220 g/mol. The van der Waals surface area contributed by atoms with Gasteiger partial charge in [0.15, 0.2) is 0 Å². The third kappa shape index (κ3) is 3.10. The van der Waals surface area contributed by atoms with Crippen LogP contribution in [0.25, 0.3) is 0 Å². The first-order valence-corrected chi connectivity index (χ1v) is 5.62. The van der Waals surface area contributed by atoms with Crippen LogP contribution in [0.4, 0.5) is 5.69 Å². The Bertz CT molecular complexity index is 435. The van der Waals surface area contributed by atoms with E-state index in [1.807, 2.05) is 6.07 Å². The lowest BCUT2D eigenvalue weighted by Crippen LogP contribution is -2.33. The molecule has 0 bridgehead atoms. The summed E-state index contributed by atoms with van der Waals surface area (Å²) in [6, 6.07) is 6.66. The van der Waals surface area contributed by atoms with Gasteiger partial charge in [-0.25, -0.2) is 0 Å². The van der Waals surface area contributed by atoms with E-state index in [2.05, 4.69) is 4.90 Å². The van der Waals surface area contributed by atoms with Crippen LogP contribution in [-0.2, 0) is 11.3 Å². The Balaban J connectivity index is 2.01. The molecule has 5 nitrogen and oxygen atoms in total. The Morgan fingerprint density at radius 2 is 2.00 bits per heavy atom. The van der Waals surface area contributed by atoms with Crippen LogP contribution in [0.15, 0.2) is 24.3 Å². The molecule has 0 saturated carbocycles. The molecular formula is C12H14N2O3. The lowest BCUT2D eigenvalue weighted by molar-refractivity contribution is -0.384. The van der Waals surface area contributed by atoms with E-state index in [4.69, 9.17) is 0 Å². The third-order valence-corrected chi connectivity index (χ3v) is 2.94. The molecule has 1 saturated heterocycles. The summed E-state index contributed by atoms with van der Waals surface area (Å²) in [6.07, 6.45) is 1.18. The van der Waals surface area contributed by atoms with Crippen LogP contribution >= 0.6 is 0 Å². The van der Waals surface area contributed by atoms with Crippen molar-refractivity contribution >= 4 is 11.5 Å². The zero-order valence-corrected chi connectivity index (χ0v) is 9.46. The summed E-state index contributed by atoms with van der Waals surface area (Å²) in [7, 11) is 0. The number of nitro benzene ring substituents is 1. The van der Waals surface area contributed by atoms with Crippen molar-refractivity contribution in [2.24, 2.45) is 0 Å². The lowest BCUT2D eigenvalue weighted by atomic mass is 10.1. The van der Waals surface area contributed by atoms with Crippen LogP contribution in [0.3, 0.4) is 0 Å². The van der Waals surface area contributed by atoms with Crippen molar-refractivity contribution in [3.8, 4) is 0 Å². The van der Waals surface area contributed by atoms with Crippen molar-refractivity contribution in [3.05, 3.63) is 39.9 Å². The molecule has 1 fully saturated rings. The first-order valence-electron chi connectivity index (χ1n) is 5.62. The van der Waals surface area contributed by atoms with E-state index >= 15 is 0 Å². The fourth-order valence-electron chi connectivity index (χ4n) is 1.99. The van der Waals surface area contributed by atoms with Crippen molar-refractivity contribution in [1.29, 1.82) is 0 Å². The van der Waals surface area contributed by atoms with Gasteiger partial charge in [0.05, 0.1) is 4.92 Å². The van der Waals surface area contributed by atoms with Crippen molar-refractivity contribution in [2.75, 3.05) is 13.1 Å². The second-order valence-corrected chi connectivity index (χ2v) is 4.24. The topological polar surface area (TPSA) is 63.5 Å². The van der Waals surface area contributed by atoms with E-state index in [1.165, 1.54) is 6.07 Å². The molecule has 0 spiro atoms. The first-order chi connectivity index (χ1) is 8.15. The average molecular weight is 234 g/mol. The zero-order chi connectivity index (χ0) is 12.3. The number of hydrogen-bond acceptors (Lipinski definition) is 4. The number of non-ortho nitro benzene ring substituents is 1. The molecule has 5 heteroatoms. The SMILES string of the molecule is O=C1CCN(Cc2cccc([N+](=O)[O-])c2)CC1.